The van der Waals surface area contributed by atoms with Gasteiger partial charge in [0.25, 0.3) is 0 Å². The predicted molar refractivity (Wildman–Crippen MR) is 95.6 cm³/mol. The third-order valence-corrected chi connectivity index (χ3v) is 4.95. The van der Waals surface area contributed by atoms with Crippen LogP contribution in [0.4, 0.5) is 0 Å². The molecule has 1 aliphatic heterocycles. The first kappa shape index (κ1) is 19.5. The number of sulfone groups is 1. The molecule has 1 aromatic carbocycles. The van der Waals surface area contributed by atoms with E-state index in [1.807, 2.05) is 26.0 Å². The van der Waals surface area contributed by atoms with E-state index in [-0.39, 0.29) is 30.7 Å². The van der Waals surface area contributed by atoms with E-state index in [2.05, 4.69) is 5.32 Å². The number of nitrogens with two attached hydrogens (primary N) is 1. The summed E-state index contributed by atoms with van der Waals surface area (Å²) in [7, 11) is -3.14. The van der Waals surface area contributed by atoms with E-state index in [0.29, 0.717) is 12.4 Å². The molecule has 0 aromatic heterocycles. The molecule has 0 aliphatic carbocycles. The van der Waals surface area contributed by atoms with Crippen molar-refractivity contribution in [3.8, 4) is 11.5 Å². The minimum atomic E-state index is -3.14. The van der Waals surface area contributed by atoms with Crippen LogP contribution in [0.5, 0.6) is 11.5 Å². The van der Waals surface area contributed by atoms with Gasteiger partial charge in [0.1, 0.15) is 27.4 Å². The second-order valence-electron chi connectivity index (χ2n) is 6.38. The fourth-order valence-electron chi connectivity index (χ4n) is 2.70. The number of carbonyl (C=O) groups is 1. The van der Waals surface area contributed by atoms with Crippen molar-refractivity contribution in [3.63, 3.8) is 0 Å². The highest BCUT2D eigenvalue weighted by Crippen LogP contribution is 2.35. The Hall–Kier alpha value is -1.80. The largest absolute Gasteiger partial charge is 0.494 e. The van der Waals surface area contributed by atoms with E-state index in [4.69, 9.17) is 15.2 Å². The summed E-state index contributed by atoms with van der Waals surface area (Å²) in [5, 5.41) is 2.74. The lowest BCUT2D eigenvalue weighted by Gasteiger charge is -2.15. The summed E-state index contributed by atoms with van der Waals surface area (Å²) >= 11 is 0. The van der Waals surface area contributed by atoms with E-state index in [9.17, 15) is 13.2 Å². The first-order chi connectivity index (χ1) is 11.7. The van der Waals surface area contributed by atoms with Crippen molar-refractivity contribution < 1.29 is 22.7 Å². The van der Waals surface area contributed by atoms with Crippen LogP contribution in [0.25, 0.3) is 0 Å². The molecule has 2 atom stereocenters. The topological polar surface area (TPSA) is 108 Å². The number of hydrogen-bond acceptors (Lipinski definition) is 6. The average molecular weight is 370 g/mol. The van der Waals surface area contributed by atoms with Crippen molar-refractivity contribution in [1.29, 1.82) is 0 Å². The minimum absolute atomic E-state index is 0.0911. The smallest absolute Gasteiger partial charge is 0.237 e. The Labute approximate surface area is 148 Å². The third kappa shape index (κ3) is 5.61. The first-order valence-electron chi connectivity index (χ1n) is 8.36. The molecule has 8 heteroatoms. The molecule has 2 unspecified atom stereocenters. The highest BCUT2D eigenvalue weighted by atomic mass is 32.2. The van der Waals surface area contributed by atoms with Crippen LogP contribution in [0.1, 0.15) is 31.4 Å². The first-order valence-corrected chi connectivity index (χ1v) is 10.4. The van der Waals surface area contributed by atoms with Crippen LogP contribution >= 0.6 is 0 Å². The summed E-state index contributed by atoms with van der Waals surface area (Å²) in [6, 6.07) is 2.97. The maximum absolute atomic E-state index is 12.1. The maximum atomic E-state index is 12.1. The molecule has 0 bridgehead atoms. The number of hydrogen-bond donors (Lipinski definition) is 2. The van der Waals surface area contributed by atoms with Crippen molar-refractivity contribution in [2.75, 3.05) is 18.6 Å². The summed E-state index contributed by atoms with van der Waals surface area (Å²) in [6.07, 6.45) is 2.17. The van der Waals surface area contributed by atoms with Crippen LogP contribution in [0.2, 0.25) is 0 Å². The number of benzene rings is 1. The molecular formula is C17H26N2O5S. The van der Waals surface area contributed by atoms with Gasteiger partial charge in [-0.2, -0.15) is 0 Å². The van der Waals surface area contributed by atoms with Crippen molar-refractivity contribution >= 4 is 15.7 Å². The molecular weight excluding hydrogens is 344 g/mol. The zero-order valence-electron chi connectivity index (χ0n) is 14.9. The summed E-state index contributed by atoms with van der Waals surface area (Å²) in [4.78, 5) is 12.1. The molecule has 3 N–H and O–H groups in total. The van der Waals surface area contributed by atoms with E-state index >= 15 is 0 Å². The number of rotatable bonds is 8. The van der Waals surface area contributed by atoms with E-state index in [1.54, 1.807) is 0 Å². The van der Waals surface area contributed by atoms with Gasteiger partial charge in [-0.3, -0.25) is 4.79 Å². The highest BCUT2D eigenvalue weighted by molar-refractivity contribution is 7.90. The second-order valence-corrected chi connectivity index (χ2v) is 8.64. The van der Waals surface area contributed by atoms with E-state index in [1.165, 1.54) is 0 Å². The zero-order chi connectivity index (χ0) is 18.6. The molecule has 0 saturated heterocycles. The monoisotopic (exact) mass is 370 g/mol. The van der Waals surface area contributed by atoms with Gasteiger partial charge < -0.3 is 20.5 Å². The Balaban J connectivity index is 2.02. The van der Waals surface area contributed by atoms with E-state index < -0.39 is 15.9 Å². The van der Waals surface area contributed by atoms with Gasteiger partial charge in [0, 0.05) is 30.3 Å². The summed E-state index contributed by atoms with van der Waals surface area (Å²) in [5.41, 5.74) is 7.66. The van der Waals surface area contributed by atoms with Crippen LogP contribution in [0.15, 0.2) is 12.1 Å². The lowest BCUT2D eigenvalue weighted by Crippen LogP contribution is -2.41. The Morgan fingerprint density at radius 3 is 2.84 bits per heavy atom. The van der Waals surface area contributed by atoms with Crippen LogP contribution in [-0.4, -0.2) is 45.1 Å². The summed E-state index contributed by atoms with van der Waals surface area (Å²) < 4.78 is 33.8. The third-order valence-electron chi connectivity index (χ3n) is 3.97. The van der Waals surface area contributed by atoms with Crippen LogP contribution in [0.3, 0.4) is 0 Å². The number of carbonyl (C=O) groups excluding carboxylic acids is 1. The lowest BCUT2D eigenvalue weighted by atomic mass is 10.1. The Morgan fingerprint density at radius 1 is 1.48 bits per heavy atom. The fourth-order valence-corrected chi connectivity index (χ4v) is 3.38. The van der Waals surface area contributed by atoms with Gasteiger partial charge in [-0.05, 0) is 32.4 Å². The van der Waals surface area contributed by atoms with Crippen LogP contribution in [0, 0.1) is 0 Å². The quantitative estimate of drug-likeness (QED) is 0.700. The molecule has 0 radical (unpaired) electrons. The van der Waals surface area contributed by atoms with Crippen LogP contribution < -0.4 is 20.5 Å². The molecule has 140 valence electrons. The van der Waals surface area contributed by atoms with Gasteiger partial charge in [0.2, 0.25) is 5.91 Å². The molecule has 7 nitrogen and oxygen atoms in total. The van der Waals surface area contributed by atoms with Gasteiger partial charge in [-0.1, -0.05) is 0 Å². The number of amides is 1. The highest BCUT2D eigenvalue weighted by Gasteiger charge is 2.22. The standard InChI is InChI=1S/C17H26N2O5S/c1-4-23-15-8-12-7-11(2)24-16(12)9-13(15)10-19-17(20)14(18)5-6-25(3,21)22/h8-9,11,14H,4-7,10,18H2,1-3H3,(H,19,20). The summed E-state index contributed by atoms with van der Waals surface area (Å²) in [6.45, 7) is 4.66. The Morgan fingerprint density at radius 2 is 2.20 bits per heavy atom. The molecule has 1 amide bonds. The van der Waals surface area contributed by atoms with Gasteiger partial charge in [-0.15, -0.1) is 0 Å². The van der Waals surface area contributed by atoms with Crippen molar-refractivity contribution in [2.45, 2.75) is 45.4 Å². The van der Waals surface area contributed by atoms with Gasteiger partial charge >= 0.3 is 0 Å². The zero-order valence-corrected chi connectivity index (χ0v) is 15.7. The number of ether oxygens (including phenoxy) is 2. The molecule has 1 aliphatic rings. The average Bonchev–Trinajstić information content (AvgIpc) is 2.88. The van der Waals surface area contributed by atoms with Crippen molar-refractivity contribution in [3.05, 3.63) is 23.3 Å². The number of nitrogens with one attached hydrogen (secondary N) is 1. The van der Waals surface area contributed by atoms with Crippen molar-refractivity contribution in [2.24, 2.45) is 5.73 Å². The molecule has 25 heavy (non-hydrogen) atoms. The molecule has 1 aromatic rings. The second kappa shape index (κ2) is 8.05. The minimum Gasteiger partial charge on any atom is -0.494 e. The normalized spacial score (nSPS) is 17.5. The Kier molecular flexibility index (Phi) is 6.29. The Bertz CT molecular complexity index is 733. The van der Waals surface area contributed by atoms with Gasteiger partial charge in [-0.25, -0.2) is 8.42 Å². The van der Waals surface area contributed by atoms with Gasteiger partial charge in [0.15, 0.2) is 0 Å². The molecule has 0 saturated carbocycles. The lowest BCUT2D eigenvalue weighted by molar-refractivity contribution is -0.122. The maximum Gasteiger partial charge on any atom is 0.237 e. The summed E-state index contributed by atoms with van der Waals surface area (Å²) in [5.74, 6) is 1.02. The predicted octanol–water partition coefficient (Wildman–Crippen LogP) is 0.787. The number of fused-ring (bicyclic) bond motifs is 1. The molecule has 1 heterocycles. The SMILES string of the molecule is CCOc1cc2c(cc1CNC(=O)C(N)CCS(C)(=O)=O)OC(C)C2. The molecule has 2 rings (SSSR count). The van der Waals surface area contributed by atoms with Gasteiger partial charge in [0.05, 0.1) is 18.4 Å². The van der Waals surface area contributed by atoms with Crippen molar-refractivity contribution in [1.82, 2.24) is 5.32 Å². The van der Waals surface area contributed by atoms with Crippen LogP contribution in [-0.2, 0) is 27.6 Å². The fraction of sp³-hybridized carbons (Fsp3) is 0.588. The molecule has 0 spiro atoms. The van der Waals surface area contributed by atoms with E-state index in [0.717, 1.165) is 29.6 Å². The molecule has 0 fully saturated rings.